The van der Waals surface area contributed by atoms with E-state index >= 15 is 0 Å². The van der Waals surface area contributed by atoms with Gasteiger partial charge < -0.3 is 10.6 Å². The van der Waals surface area contributed by atoms with E-state index in [4.69, 9.17) is 0 Å². The van der Waals surface area contributed by atoms with Gasteiger partial charge in [-0.2, -0.15) is 11.8 Å². The Balaban J connectivity index is 1.72. The molecule has 3 aromatic rings. The van der Waals surface area contributed by atoms with Crippen LogP contribution in [0, 0.1) is 0 Å². The fourth-order valence-corrected chi connectivity index (χ4v) is 3.74. The van der Waals surface area contributed by atoms with Gasteiger partial charge in [0, 0.05) is 6.20 Å². The topological polar surface area (TPSA) is 88.4 Å². The summed E-state index contributed by atoms with van der Waals surface area (Å²) >= 11 is 3.04. The Labute approximate surface area is 165 Å². The number of amides is 2. The second-order valence-electron chi connectivity index (χ2n) is 6.00. The van der Waals surface area contributed by atoms with Crippen molar-refractivity contribution in [2.24, 2.45) is 0 Å². The molecule has 0 aliphatic carbocycles. The third kappa shape index (κ3) is 4.67. The summed E-state index contributed by atoms with van der Waals surface area (Å²) in [6, 6.07) is 8.25. The second kappa shape index (κ2) is 9.01. The Morgan fingerprint density at radius 1 is 1.22 bits per heavy atom. The maximum atomic E-state index is 12.7. The fourth-order valence-electron chi connectivity index (χ4n) is 2.64. The molecular formula is C18H21N5O2S2. The predicted molar refractivity (Wildman–Crippen MR) is 108 cm³/mol. The first-order valence-corrected chi connectivity index (χ1v) is 10.8. The van der Waals surface area contributed by atoms with E-state index in [0.717, 1.165) is 11.4 Å². The highest BCUT2D eigenvalue weighted by Gasteiger charge is 2.24. The van der Waals surface area contributed by atoms with Gasteiger partial charge in [0.2, 0.25) is 5.91 Å². The van der Waals surface area contributed by atoms with Crippen molar-refractivity contribution < 1.29 is 9.59 Å². The number of pyridine rings is 1. The van der Waals surface area contributed by atoms with Gasteiger partial charge in [0.15, 0.2) is 11.5 Å². The molecule has 0 aliphatic rings. The van der Waals surface area contributed by atoms with E-state index < -0.39 is 6.04 Å². The van der Waals surface area contributed by atoms with Gasteiger partial charge in [-0.1, -0.05) is 12.1 Å². The molecule has 9 heteroatoms. The summed E-state index contributed by atoms with van der Waals surface area (Å²) in [5.41, 5.74) is 0.731. The molecule has 3 aromatic heterocycles. The number of aromatic nitrogens is 3. The Morgan fingerprint density at radius 2 is 2.07 bits per heavy atom. The third-order valence-electron chi connectivity index (χ3n) is 4.06. The van der Waals surface area contributed by atoms with E-state index in [1.165, 1.54) is 11.3 Å². The van der Waals surface area contributed by atoms with E-state index in [0.29, 0.717) is 17.1 Å². The number of thioether (sulfide) groups is 1. The molecule has 0 spiro atoms. The lowest BCUT2D eigenvalue weighted by Crippen LogP contribution is -2.46. The predicted octanol–water partition coefficient (Wildman–Crippen LogP) is 2.52. The summed E-state index contributed by atoms with van der Waals surface area (Å²) in [6.45, 7) is 1.67. The average molecular weight is 404 g/mol. The molecule has 27 heavy (non-hydrogen) atoms. The van der Waals surface area contributed by atoms with Crippen LogP contribution in [0.1, 0.15) is 34.9 Å². The number of nitrogens with one attached hydrogen (secondary N) is 2. The maximum Gasteiger partial charge on any atom is 0.261 e. The first-order chi connectivity index (χ1) is 13.1. The standard InChI is InChI=1S/C18H21N5O2S2/c1-12(19-18(25)14-6-5-10-27-14)17(24)20-13(8-11-26-2)16-22-21-15-7-3-4-9-23(15)16/h3-7,9-10,12-13H,8,11H2,1-2H3,(H,19,25)(H,20,24). The zero-order valence-corrected chi connectivity index (χ0v) is 16.7. The number of hydrogen-bond acceptors (Lipinski definition) is 6. The van der Waals surface area contributed by atoms with Gasteiger partial charge in [-0.25, -0.2) is 0 Å². The van der Waals surface area contributed by atoms with Gasteiger partial charge in [-0.3, -0.25) is 14.0 Å². The Kier molecular flexibility index (Phi) is 6.46. The smallest absolute Gasteiger partial charge is 0.261 e. The van der Waals surface area contributed by atoms with Crippen LogP contribution in [0.2, 0.25) is 0 Å². The van der Waals surface area contributed by atoms with Gasteiger partial charge in [-0.05, 0) is 48.9 Å². The van der Waals surface area contributed by atoms with Crippen molar-refractivity contribution in [3.63, 3.8) is 0 Å². The molecule has 2 N–H and O–H groups in total. The molecule has 0 aliphatic heterocycles. The summed E-state index contributed by atoms with van der Waals surface area (Å²) in [5, 5.41) is 16.0. The minimum absolute atomic E-state index is 0.249. The molecule has 0 saturated heterocycles. The van der Waals surface area contributed by atoms with E-state index in [1.807, 2.05) is 40.4 Å². The second-order valence-corrected chi connectivity index (χ2v) is 7.94. The molecule has 0 saturated carbocycles. The van der Waals surface area contributed by atoms with Gasteiger partial charge >= 0.3 is 0 Å². The average Bonchev–Trinajstić information content (AvgIpc) is 3.34. The first kappa shape index (κ1) is 19.4. The number of fused-ring (bicyclic) bond motifs is 1. The normalized spacial score (nSPS) is 13.3. The van der Waals surface area contributed by atoms with Crippen LogP contribution in [0.25, 0.3) is 5.65 Å². The molecule has 2 unspecified atom stereocenters. The van der Waals surface area contributed by atoms with E-state index in [2.05, 4.69) is 20.8 Å². The number of carbonyl (C=O) groups excluding carboxylic acids is 2. The summed E-state index contributed by atoms with van der Waals surface area (Å²) in [7, 11) is 0. The van der Waals surface area contributed by atoms with Crippen LogP contribution in [-0.2, 0) is 4.79 Å². The van der Waals surface area contributed by atoms with Crippen LogP contribution in [0.4, 0.5) is 0 Å². The van der Waals surface area contributed by atoms with E-state index in [1.54, 1.807) is 30.8 Å². The van der Waals surface area contributed by atoms with E-state index in [-0.39, 0.29) is 17.9 Å². The highest BCUT2D eigenvalue weighted by molar-refractivity contribution is 7.98. The lowest BCUT2D eigenvalue weighted by molar-refractivity contribution is -0.123. The van der Waals surface area contributed by atoms with Crippen molar-refractivity contribution >= 4 is 40.6 Å². The fraction of sp³-hybridized carbons (Fsp3) is 0.333. The van der Waals surface area contributed by atoms with Crippen molar-refractivity contribution in [1.82, 2.24) is 25.2 Å². The molecule has 3 heterocycles. The van der Waals surface area contributed by atoms with Crippen molar-refractivity contribution in [2.75, 3.05) is 12.0 Å². The van der Waals surface area contributed by atoms with Gasteiger partial charge in [-0.15, -0.1) is 21.5 Å². The SMILES string of the molecule is CSCCC(NC(=O)C(C)NC(=O)c1cccs1)c1nnc2ccccn12. The monoisotopic (exact) mass is 403 g/mol. The number of carbonyl (C=O) groups is 2. The number of thiophene rings is 1. The molecule has 2 amide bonds. The molecule has 0 aromatic carbocycles. The molecular weight excluding hydrogens is 382 g/mol. The number of rotatable bonds is 8. The quantitative estimate of drug-likeness (QED) is 0.603. The van der Waals surface area contributed by atoms with Crippen LogP contribution < -0.4 is 10.6 Å². The Hall–Kier alpha value is -2.39. The summed E-state index contributed by atoms with van der Waals surface area (Å²) in [4.78, 5) is 25.4. The summed E-state index contributed by atoms with van der Waals surface area (Å²) < 4.78 is 1.88. The minimum atomic E-state index is -0.657. The Bertz CT molecular complexity index is 910. The van der Waals surface area contributed by atoms with Crippen LogP contribution >= 0.6 is 23.1 Å². The maximum absolute atomic E-state index is 12.7. The van der Waals surface area contributed by atoms with Crippen LogP contribution in [0.5, 0.6) is 0 Å². The minimum Gasteiger partial charge on any atom is -0.344 e. The van der Waals surface area contributed by atoms with Gasteiger partial charge in [0.25, 0.3) is 5.91 Å². The van der Waals surface area contributed by atoms with Crippen LogP contribution in [0.3, 0.4) is 0 Å². The van der Waals surface area contributed by atoms with Crippen molar-refractivity contribution in [3.8, 4) is 0 Å². The van der Waals surface area contributed by atoms with Crippen molar-refractivity contribution in [2.45, 2.75) is 25.4 Å². The highest BCUT2D eigenvalue weighted by atomic mass is 32.2. The van der Waals surface area contributed by atoms with Crippen LogP contribution in [0.15, 0.2) is 41.9 Å². The molecule has 2 atom stereocenters. The van der Waals surface area contributed by atoms with Gasteiger partial charge in [0.1, 0.15) is 6.04 Å². The number of hydrogen-bond donors (Lipinski definition) is 2. The summed E-state index contributed by atoms with van der Waals surface area (Å²) in [6.07, 6.45) is 4.61. The van der Waals surface area contributed by atoms with Crippen molar-refractivity contribution in [3.05, 3.63) is 52.6 Å². The molecule has 142 valence electrons. The zero-order valence-electron chi connectivity index (χ0n) is 15.1. The Morgan fingerprint density at radius 3 is 2.81 bits per heavy atom. The zero-order chi connectivity index (χ0) is 19.2. The lowest BCUT2D eigenvalue weighted by Gasteiger charge is -2.20. The highest BCUT2D eigenvalue weighted by Crippen LogP contribution is 2.18. The van der Waals surface area contributed by atoms with Gasteiger partial charge in [0.05, 0.1) is 10.9 Å². The molecule has 0 bridgehead atoms. The summed E-state index contributed by atoms with van der Waals surface area (Å²) in [5.74, 6) is 1.05. The van der Waals surface area contributed by atoms with Crippen LogP contribution in [-0.4, -0.2) is 44.5 Å². The lowest BCUT2D eigenvalue weighted by atomic mass is 10.2. The number of nitrogens with zero attached hydrogens (tertiary/aromatic N) is 3. The molecule has 0 fully saturated rings. The first-order valence-electron chi connectivity index (χ1n) is 8.53. The van der Waals surface area contributed by atoms with E-state index in [9.17, 15) is 9.59 Å². The molecule has 7 nitrogen and oxygen atoms in total. The molecule has 0 radical (unpaired) electrons. The largest absolute Gasteiger partial charge is 0.344 e. The molecule has 3 rings (SSSR count). The van der Waals surface area contributed by atoms with Crippen molar-refractivity contribution in [1.29, 1.82) is 0 Å². The third-order valence-corrected chi connectivity index (χ3v) is 5.58.